The topological polar surface area (TPSA) is 128 Å². The van der Waals surface area contributed by atoms with E-state index in [9.17, 15) is 14.4 Å². The molecule has 2 amide bonds. The van der Waals surface area contributed by atoms with Crippen LogP contribution in [0.1, 0.15) is 123 Å². The number of ketones is 1. The predicted octanol–water partition coefficient (Wildman–Crippen LogP) is 11.0. The van der Waals surface area contributed by atoms with Crippen LogP contribution in [0, 0.1) is 25.2 Å². The third kappa shape index (κ3) is 12.9. The van der Waals surface area contributed by atoms with Crippen LogP contribution in [0.25, 0.3) is 5.57 Å². The van der Waals surface area contributed by atoms with Gasteiger partial charge in [-0.15, -0.1) is 0 Å². The van der Waals surface area contributed by atoms with E-state index in [-0.39, 0.29) is 23.5 Å². The van der Waals surface area contributed by atoms with E-state index in [4.69, 9.17) is 9.73 Å². The summed E-state index contributed by atoms with van der Waals surface area (Å²) < 4.78 is 5.68. The number of aromatic nitrogens is 1. The quantitative estimate of drug-likeness (QED) is 0.144. The van der Waals surface area contributed by atoms with Gasteiger partial charge in [0.2, 0.25) is 17.7 Å². The van der Waals surface area contributed by atoms with Crippen molar-refractivity contribution >= 4 is 51.6 Å². The van der Waals surface area contributed by atoms with Crippen LogP contribution in [0.2, 0.25) is 0 Å². The Balaban J connectivity index is 0.000000265. The average molecular weight is 874 g/mol. The number of benzene rings is 2. The van der Waals surface area contributed by atoms with Crippen molar-refractivity contribution in [2.45, 2.75) is 121 Å². The molecule has 3 saturated heterocycles. The summed E-state index contributed by atoms with van der Waals surface area (Å²) >= 11 is 0. The molecular weight excluding hydrogens is 799 g/mol. The number of carbonyl (C=O) groups is 3. The van der Waals surface area contributed by atoms with E-state index in [1.807, 2.05) is 58.2 Å². The molecule has 4 aliphatic heterocycles. The molecule has 7 rings (SSSR count). The molecule has 0 spiro atoms. The van der Waals surface area contributed by atoms with E-state index >= 15 is 0 Å². The number of amides is 2. The maximum absolute atomic E-state index is 12.2. The Kier molecular flexibility index (Phi) is 19.4. The van der Waals surface area contributed by atoms with E-state index in [0.29, 0.717) is 49.5 Å². The minimum Gasteiger partial charge on any atom is -0.474 e. The number of imide groups is 1. The molecule has 11 heteroatoms. The number of hydrogen-bond acceptors (Lipinski definition) is 10. The number of ether oxygens (including phenoxy) is 1. The summed E-state index contributed by atoms with van der Waals surface area (Å²) in [5.41, 5.74) is 12.1. The van der Waals surface area contributed by atoms with Gasteiger partial charge in [-0.05, 0) is 105 Å². The molecule has 64 heavy (non-hydrogen) atoms. The van der Waals surface area contributed by atoms with Crippen molar-refractivity contribution in [3.63, 3.8) is 0 Å². The summed E-state index contributed by atoms with van der Waals surface area (Å²) in [5.74, 6) is 0.705. The highest BCUT2D eigenvalue weighted by Crippen LogP contribution is 2.43. The van der Waals surface area contributed by atoms with Crippen LogP contribution in [-0.4, -0.2) is 67.6 Å². The molecule has 3 aromatic rings. The molecule has 3 fully saturated rings. The number of fused-ring (bicyclic) bond motifs is 1. The second-order valence-corrected chi connectivity index (χ2v) is 16.8. The first-order valence-corrected chi connectivity index (χ1v) is 23.6. The number of hydrogen-bond donors (Lipinski definition) is 3. The zero-order valence-corrected chi connectivity index (χ0v) is 40.5. The average Bonchev–Trinajstić information content (AvgIpc) is 3.27. The van der Waals surface area contributed by atoms with Crippen molar-refractivity contribution in [2.24, 2.45) is 16.3 Å². The first-order valence-electron chi connectivity index (χ1n) is 23.6. The second kappa shape index (κ2) is 24.4. The molecule has 2 aromatic carbocycles. The number of piperidine rings is 2. The minimum atomic E-state index is -0.307. The van der Waals surface area contributed by atoms with Crippen LogP contribution >= 0.6 is 0 Å². The first-order chi connectivity index (χ1) is 30.8. The Labute approximate surface area is 383 Å². The van der Waals surface area contributed by atoms with E-state index in [1.54, 1.807) is 6.92 Å². The molecule has 4 aliphatic rings. The normalized spacial score (nSPS) is 18.5. The van der Waals surface area contributed by atoms with Gasteiger partial charge in [-0.3, -0.25) is 19.7 Å². The summed E-state index contributed by atoms with van der Waals surface area (Å²) in [5, 5.41) is 9.12. The largest absolute Gasteiger partial charge is 0.474 e. The molecule has 11 nitrogen and oxygen atoms in total. The summed E-state index contributed by atoms with van der Waals surface area (Å²) in [6, 6.07) is 14.3. The van der Waals surface area contributed by atoms with E-state index in [1.165, 1.54) is 36.9 Å². The second-order valence-electron chi connectivity index (χ2n) is 16.8. The molecule has 346 valence electrons. The van der Waals surface area contributed by atoms with Crippen molar-refractivity contribution in [1.82, 2.24) is 10.3 Å². The first kappa shape index (κ1) is 50.9. The Morgan fingerprint density at radius 3 is 2.30 bits per heavy atom. The van der Waals surface area contributed by atoms with E-state index in [2.05, 4.69) is 103 Å². The van der Waals surface area contributed by atoms with Gasteiger partial charge in [0.1, 0.15) is 23.9 Å². The SMILES string of the molecule is C=C(/N=C1/CN(c2cnc3c(c2C)NCCO3)CC/C1=C/C)Nc1ccc(CC(C)=O)cc1.C=C(c1ccc(N2CC(CCC)(CCC)C2)cc1C)C1CCC(=O)NC1=O.CC.CC. The number of pyridine rings is 1. The molecule has 0 bridgehead atoms. The third-order valence-corrected chi connectivity index (χ3v) is 12.1. The minimum absolute atomic E-state index is 0.153. The molecule has 1 atom stereocenters. The zero-order valence-electron chi connectivity index (χ0n) is 40.5. The molecule has 1 aromatic heterocycles. The summed E-state index contributed by atoms with van der Waals surface area (Å²) in [4.78, 5) is 49.0. The summed E-state index contributed by atoms with van der Waals surface area (Å²) in [7, 11) is 0. The van der Waals surface area contributed by atoms with Crippen molar-refractivity contribution in [3.05, 3.63) is 102 Å². The molecule has 5 heterocycles. The molecule has 3 N–H and O–H groups in total. The fraction of sp³-hybridized carbons (Fsp3) is 0.491. The third-order valence-electron chi connectivity index (χ3n) is 12.1. The van der Waals surface area contributed by atoms with Gasteiger partial charge in [-0.2, -0.15) is 0 Å². The number of rotatable bonds is 13. The summed E-state index contributed by atoms with van der Waals surface area (Å²) in [6.45, 7) is 34.0. The highest BCUT2D eigenvalue weighted by atomic mass is 16.5. The molecule has 1 unspecified atom stereocenters. The van der Waals surface area contributed by atoms with Crippen LogP contribution < -0.4 is 30.5 Å². The highest BCUT2D eigenvalue weighted by molar-refractivity contribution is 6.05. The number of anilines is 4. The van der Waals surface area contributed by atoms with Crippen molar-refractivity contribution < 1.29 is 19.1 Å². The Morgan fingerprint density at radius 2 is 1.69 bits per heavy atom. The fourth-order valence-electron chi connectivity index (χ4n) is 9.13. The Bertz CT molecular complexity index is 2160. The molecular formula is C53H75N7O4. The van der Waals surface area contributed by atoms with Gasteiger partial charge >= 0.3 is 0 Å². The number of carbonyl (C=O) groups excluding carboxylic acids is 3. The molecule has 0 aliphatic carbocycles. The number of aryl methyl sites for hydroxylation is 1. The predicted molar refractivity (Wildman–Crippen MR) is 268 cm³/mol. The maximum atomic E-state index is 12.2. The van der Waals surface area contributed by atoms with Gasteiger partial charge in [-0.25, -0.2) is 9.98 Å². The smallest absolute Gasteiger partial charge is 0.237 e. The maximum Gasteiger partial charge on any atom is 0.237 e. The van der Waals surface area contributed by atoms with E-state index < -0.39 is 0 Å². The standard InChI is InChI=1S/C26H31N5O2.C23H32N2O2.2C2H6/c1-5-21-10-12-31(24-15-28-26-25(18(24)3)27-11-13-33-26)16-23(21)30-19(4)29-22-8-6-20(7-9-22)14-17(2)32;1-5-11-23(12-6-2)14-25(15-23)18-7-8-19(16(3)13-18)17(4)20-9-10-21(26)24-22(20)27;2*1-2/h5-9,15,27,29H,4,10-14,16H2,1-3H3;7-8,13,20H,4-6,9-12,14-15H2,1-3H3,(H,24,26,27);2*1-2H3/b21-5-,30-23-;;;. The number of nitrogens with one attached hydrogen (secondary N) is 3. The van der Waals surface area contributed by atoms with Crippen LogP contribution in [0.15, 0.2) is 84.3 Å². The van der Waals surface area contributed by atoms with Gasteiger partial charge in [0.15, 0.2) is 0 Å². The van der Waals surface area contributed by atoms with Crippen molar-refractivity contribution in [3.8, 4) is 5.88 Å². The molecule has 0 saturated carbocycles. The van der Waals surface area contributed by atoms with Crippen LogP contribution in [0.3, 0.4) is 0 Å². The van der Waals surface area contributed by atoms with Crippen LogP contribution in [-0.2, 0) is 20.8 Å². The summed E-state index contributed by atoms with van der Waals surface area (Å²) in [6.07, 6.45) is 11.4. The van der Waals surface area contributed by atoms with Crippen molar-refractivity contribution in [1.29, 1.82) is 0 Å². The fourth-order valence-corrected chi connectivity index (χ4v) is 9.13. The monoisotopic (exact) mass is 874 g/mol. The number of Topliss-reactive ketones (excluding diaryl/α,β-unsaturated/α-hetero) is 1. The van der Waals surface area contributed by atoms with Crippen LogP contribution in [0.5, 0.6) is 5.88 Å². The lowest BCUT2D eigenvalue weighted by molar-refractivity contribution is -0.134. The van der Waals surface area contributed by atoms with Gasteiger partial charge in [0.05, 0.1) is 30.1 Å². The van der Waals surface area contributed by atoms with Gasteiger partial charge in [0, 0.05) is 61.4 Å². The highest BCUT2D eigenvalue weighted by Gasteiger charge is 2.41. The van der Waals surface area contributed by atoms with Gasteiger partial charge in [-0.1, -0.05) is 91.8 Å². The van der Waals surface area contributed by atoms with E-state index in [0.717, 1.165) is 83.2 Å². The Morgan fingerprint density at radius 1 is 1.00 bits per heavy atom. The van der Waals surface area contributed by atoms with Gasteiger partial charge < -0.3 is 25.2 Å². The van der Waals surface area contributed by atoms with Crippen molar-refractivity contribution in [2.75, 3.05) is 59.8 Å². The Hall–Kier alpha value is -5.71. The van der Waals surface area contributed by atoms with Crippen LogP contribution in [0.4, 0.5) is 22.7 Å². The lowest BCUT2D eigenvalue weighted by Gasteiger charge is -2.52. The lowest BCUT2D eigenvalue weighted by Crippen LogP contribution is -2.56. The zero-order chi connectivity index (χ0) is 47.0. The number of nitrogens with zero attached hydrogens (tertiary/aromatic N) is 4. The molecule has 0 radical (unpaired) electrons. The van der Waals surface area contributed by atoms with Gasteiger partial charge in [0.25, 0.3) is 0 Å². The lowest BCUT2D eigenvalue weighted by atomic mass is 9.72. The number of allylic oxidation sites excluding steroid dienone is 1. The number of aliphatic imine (C=N–C) groups is 1.